The fourth-order valence-corrected chi connectivity index (χ4v) is 3.70. The molecule has 162 valence electrons. The Labute approximate surface area is 179 Å². The second-order valence-corrected chi connectivity index (χ2v) is 7.50. The summed E-state index contributed by atoms with van der Waals surface area (Å²) in [5.41, 5.74) is 1.17. The first kappa shape index (κ1) is 22.5. The molecule has 0 fully saturated rings. The van der Waals surface area contributed by atoms with Gasteiger partial charge in [-0.25, -0.2) is 23.5 Å². The van der Waals surface area contributed by atoms with Crippen LogP contribution in [0.15, 0.2) is 53.1 Å². The van der Waals surface area contributed by atoms with E-state index < -0.39 is 23.2 Å². The molecule has 0 unspecified atom stereocenters. The van der Waals surface area contributed by atoms with Gasteiger partial charge in [0, 0.05) is 47.4 Å². The molecule has 0 radical (unpaired) electrons. The molecule has 3 aromatic rings. The Morgan fingerprint density at radius 1 is 1.13 bits per heavy atom. The number of hydrogen-bond donors (Lipinski definition) is 0. The molecule has 0 saturated carbocycles. The Kier molecular flexibility index (Phi) is 7.76. The largest absolute Gasteiger partial charge is 0.348 e. The number of carbonyl (C=O) groups is 1. The number of thioether (sulfide) groups is 1. The van der Waals surface area contributed by atoms with E-state index in [1.165, 1.54) is 12.4 Å². The van der Waals surface area contributed by atoms with Crippen molar-refractivity contribution in [2.24, 2.45) is 0 Å². The predicted octanol–water partition coefficient (Wildman–Crippen LogP) is 3.40. The molecule has 2 aromatic heterocycles. The minimum absolute atomic E-state index is 0.155. The maximum Gasteiger partial charge on any atom is 0.348 e. The van der Waals surface area contributed by atoms with Gasteiger partial charge in [0.1, 0.15) is 6.33 Å². The van der Waals surface area contributed by atoms with Crippen LogP contribution >= 0.6 is 11.8 Å². The van der Waals surface area contributed by atoms with E-state index in [0.717, 1.165) is 29.5 Å². The molecule has 0 aliphatic heterocycles. The third-order valence-electron chi connectivity index (χ3n) is 4.26. The fourth-order valence-electron chi connectivity index (χ4n) is 2.77. The quantitative estimate of drug-likeness (QED) is 0.365. The minimum Gasteiger partial charge on any atom is -0.327 e. The number of rotatable bonds is 9. The lowest BCUT2D eigenvalue weighted by Gasteiger charge is -2.13. The zero-order valence-electron chi connectivity index (χ0n) is 16.1. The highest BCUT2D eigenvalue weighted by atomic mass is 32.2. The second-order valence-electron chi connectivity index (χ2n) is 6.56. The summed E-state index contributed by atoms with van der Waals surface area (Å²) >= 11 is 1.16. The first-order chi connectivity index (χ1) is 15.0. The highest BCUT2D eigenvalue weighted by Crippen LogP contribution is 2.22. The van der Waals surface area contributed by atoms with Crippen molar-refractivity contribution < 1.29 is 23.0 Å². The molecule has 0 atom stereocenters. The van der Waals surface area contributed by atoms with E-state index in [4.69, 9.17) is 0 Å². The van der Waals surface area contributed by atoms with Crippen LogP contribution in [0.4, 0.5) is 13.3 Å². The Hall–Kier alpha value is -3.21. The Morgan fingerprint density at radius 2 is 1.90 bits per heavy atom. The summed E-state index contributed by atoms with van der Waals surface area (Å²) < 4.78 is 40.2. The van der Waals surface area contributed by atoms with Crippen LogP contribution < -0.4 is 5.56 Å². The van der Waals surface area contributed by atoms with Crippen molar-refractivity contribution in [3.8, 4) is 0 Å². The van der Waals surface area contributed by atoms with Crippen molar-refractivity contribution in [3.63, 3.8) is 0 Å². The summed E-state index contributed by atoms with van der Waals surface area (Å²) in [5, 5.41) is 0.330. The van der Waals surface area contributed by atoms with Gasteiger partial charge in [-0.1, -0.05) is 17.8 Å². The average molecular weight is 450 g/mol. The average Bonchev–Trinajstić information content (AvgIpc) is 2.77. The first-order valence-electron chi connectivity index (χ1n) is 9.18. The van der Waals surface area contributed by atoms with Crippen LogP contribution in [0.25, 0.3) is 0 Å². The lowest BCUT2D eigenvalue weighted by molar-refractivity contribution is -0.183. The Morgan fingerprint density at radius 3 is 2.61 bits per heavy atom. The maximum absolute atomic E-state index is 13.4. The molecule has 0 amide bonds. The molecule has 7 nitrogen and oxygen atoms in total. The summed E-state index contributed by atoms with van der Waals surface area (Å²) in [6, 6.07) is 3.54. The number of benzene rings is 1. The van der Waals surface area contributed by atoms with E-state index in [1.807, 2.05) is 0 Å². The Bertz CT molecular complexity index is 1110. The molecule has 0 aliphatic carbocycles. The fraction of sp³-hybridized carbons (Fsp3) is 0.250. The topological polar surface area (TPSA) is 87.0 Å². The summed E-state index contributed by atoms with van der Waals surface area (Å²) in [5.74, 6) is -2.67. The zero-order valence-corrected chi connectivity index (χ0v) is 16.9. The van der Waals surface area contributed by atoms with Crippen LogP contribution in [0.2, 0.25) is 0 Å². The summed E-state index contributed by atoms with van der Waals surface area (Å²) in [4.78, 5) is 38.7. The van der Waals surface area contributed by atoms with Gasteiger partial charge in [-0.2, -0.15) is 4.98 Å². The van der Waals surface area contributed by atoms with Crippen molar-refractivity contribution in [3.05, 3.63) is 81.8 Å². The molecular weight excluding hydrogens is 433 g/mol. The van der Waals surface area contributed by atoms with E-state index in [2.05, 4.69) is 19.9 Å². The number of hydrogen-bond acceptors (Lipinski definition) is 7. The lowest BCUT2D eigenvalue weighted by Crippen LogP contribution is -2.20. The first-order valence-corrected chi connectivity index (χ1v) is 10.2. The van der Waals surface area contributed by atoms with E-state index >= 15 is 0 Å². The van der Waals surface area contributed by atoms with Gasteiger partial charge in [0.15, 0.2) is 16.8 Å². The molecular formula is C20H17F3N4O3S. The summed E-state index contributed by atoms with van der Waals surface area (Å²) in [7, 11) is 0. The smallest absolute Gasteiger partial charge is 0.327 e. The predicted molar refractivity (Wildman–Crippen MR) is 106 cm³/mol. The molecule has 3 rings (SSSR count). The van der Waals surface area contributed by atoms with E-state index in [-0.39, 0.29) is 31.6 Å². The molecule has 0 aliphatic rings. The molecule has 0 saturated heterocycles. The van der Waals surface area contributed by atoms with Crippen molar-refractivity contribution >= 4 is 17.7 Å². The van der Waals surface area contributed by atoms with E-state index in [0.29, 0.717) is 16.3 Å². The molecule has 0 spiro atoms. The summed E-state index contributed by atoms with van der Waals surface area (Å²) in [6.07, 6.45) is 6.50. The third kappa shape index (κ3) is 6.38. The molecule has 1 aromatic carbocycles. The van der Waals surface area contributed by atoms with Gasteiger partial charge in [-0.3, -0.25) is 9.74 Å². The normalized spacial score (nSPS) is 10.8. The molecule has 0 N–H and O–H groups in total. The van der Waals surface area contributed by atoms with Gasteiger partial charge >= 0.3 is 5.97 Å². The number of carbonyl (C=O) groups excluding carboxylic acids is 1. The van der Waals surface area contributed by atoms with Crippen molar-refractivity contribution in [2.45, 2.75) is 36.7 Å². The molecule has 2 heterocycles. The lowest BCUT2D eigenvalue weighted by atomic mass is 10.1. The van der Waals surface area contributed by atoms with E-state index in [9.17, 15) is 22.9 Å². The van der Waals surface area contributed by atoms with Gasteiger partial charge in [0.2, 0.25) is 0 Å². The Balaban J connectivity index is 1.82. The SMILES string of the molecule is O=C(CCCn1cc(Cc2cncnc2)c(=O)nc1SCc1ccc(F)c(F)c1)OF. The maximum atomic E-state index is 13.4. The molecule has 0 bridgehead atoms. The van der Waals surface area contributed by atoms with Crippen LogP contribution in [0.3, 0.4) is 0 Å². The number of halogens is 3. The number of nitrogens with zero attached hydrogens (tertiary/aromatic N) is 4. The van der Waals surface area contributed by atoms with Crippen LogP contribution in [0.5, 0.6) is 0 Å². The second kappa shape index (κ2) is 10.7. The van der Waals surface area contributed by atoms with Crippen molar-refractivity contribution in [2.75, 3.05) is 0 Å². The monoisotopic (exact) mass is 450 g/mol. The minimum atomic E-state index is -0.994. The van der Waals surface area contributed by atoms with Crippen LogP contribution in [-0.2, 0) is 28.5 Å². The number of aromatic nitrogens is 4. The molecule has 11 heteroatoms. The standard InChI is InChI=1S/C20H17F3N4O3S/c21-16-4-3-13(7-17(16)22)11-31-20-26-19(29)15(6-14-8-24-12-25-9-14)10-27(20)5-1-2-18(28)30-23/h3-4,7-10,12H,1-2,5-6,11H2. The number of aryl methyl sites for hydroxylation is 1. The highest BCUT2D eigenvalue weighted by molar-refractivity contribution is 7.98. The third-order valence-corrected chi connectivity index (χ3v) is 5.32. The summed E-state index contributed by atoms with van der Waals surface area (Å²) in [6.45, 7) is 0.265. The molecule has 31 heavy (non-hydrogen) atoms. The van der Waals surface area contributed by atoms with Gasteiger partial charge < -0.3 is 4.57 Å². The van der Waals surface area contributed by atoms with Crippen molar-refractivity contribution in [1.82, 2.24) is 19.5 Å². The van der Waals surface area contributed by atoms with Gasteiger partial charge in [0.05, 0.1) is 6.42 Å². The van der Waals surface area contributed by atoms with Gasteiger partial charge in [-0.05, 0) is 29.7 Å². The van der Waals surface area contributed by atoms with Gasteiger partial charge in [-0.15, -0.1) is 0 Å². The highest BCUT2D eigenvalue weighted by Gasteiger charge is 2.13. The van der Waals surface area contributed by atoms with Gasteiger partial charge in [0.25, 0.3) is 5.56 Å². The van der Waals surface area contributed by atoms with Crippen molar-refractivity contribution in [1.29, 1.82) is 0 Å². The van der Waals surface area contributed by atoms with E-state index in [1.54, 1.807) is 23.2 Å². The zero-order chi connectivity index (χ0) is 22.2. The van der Waals surface area contributed by atoms with Crippen LogP contribution in [-0.4, -0.2) is 25.5 Å². The van der Waals surface area contributed by atoms with Crippen LogP contribution in [0, 0.1) is 11.6 Å². The van der Waals surface area contributed by atoms with Crippen LogP contribution in [0.1, 0.15) is 29.5 Å².